The van der Waals surface area contributed by atoms with Gasteiger partial charge in [0.2, 0.25) is 5.71 Å². The van der Waals surface area contributed by atoms with E-state index in [0.717, 1.165) is 0 Å². The highest BCUT2D eigenvalue weighted by atomic mass is 16.5. The number of hydrogen-bond donors (Lipinski definition) is 0. The van der Waals surface area contributed by atoms with E-state index in [1.54, 1.807) is 26.0 Å². The summed E-state index contributed by atoms with van der Waals surface area (Å²) in [7, 11) is 1.29. The van der Waals surface area contributed by atoms with Crippen molar-refractivity contribution in [3.8, 4) is 0 Å². The third-order valence-corrected chi connectivity index (χ3v) is 2.82. The Labute approximate surface area is 103 Å². The maximum Gasteiger partial charge on any atom is 0.318 e. The molecule has 5 nitrogen and oxygen atoms in total. The zero-order chi connectivity index (χ0) is 13.3. The van der Waals surface area contributed by atoms with Crippen molar-refractivity contribution in [2.45, 2.75) is 19.3 Å². The van der Waals surface area contributed by atoms with E-state index in [1.807, 2.05) is 0 Å². The highest BCUT2D eigenvalue weighted by Gasteiger charge is 2.34. The van der Waals surface area contributed by atoms with Crippen molar-refractivity contribution in [1.82, 2.24) is 4.98 Å². The molecule has 2 aromatic rings. The molecule has 0 aliphatic carbocycles. The van der Waals surface area contributed by atoms with Gasteiger partial charge in [0.05, 0.1) is 12.5 Å². The molecular formula is C13H13NO4. The Balaban J connectivity index is 2.67. The number of carbonyl (C=O) groups is 1. The third kappa shape index (κ3) is 1.88. The second-order valence-corrected chi connectivity index (χ2v) is 4.45. The van der Waals surface area contributed by atoms with Crippen LogP contribution in [-0.2, 0) is 14.9 Å². The third-order valence-electron chi connectivity index (χ3n) is 2.82. The van der Waals surface area contributed by atoms with Gasteiger partial charge in [0.15, 0.2) is 5.43 Å². The quantitative estimate of drug-likeness (QED) is 0.754. The molecule has 2 aromatic heterocycles. The van der Waals surface area contributed by atoms with Crippen LogP contribution in [0, 0.1) is 0 Å². The first-order valence-corrected chi connectivity index (χ1v) is 5.44. The summed E-state index contributed by atoms with van der Waals surface area (Å²) >= 11 is 0. The molecule has 0 aliphatic rings. The van der Waals surface area contributed by atoms with Gasteiger partial charge >= 0.3 is 5.97 Å². The fraction of sp³-hybridized carbons (Fsp3) is 0.308. The minimum atomic E-state index is -1.03. The Hall–Kier alpha value is -2.17. The predicted molar refractivity (Wildman–Crippen MR) is 65.3 cm³/mol. The summed E-state index contributed by atoms with van der Waals surface area (Å²) in [4.78, 5) is 27.6. The van der Waals surface area contributed by atoms with Gasteiger partial charge in [-0.1, -0.05) is 0 Å². The van der Waals surface area contributed by atoms with Crippen LogP contribution in [0.3, 0.4) is 0 Å². The maximum atomic E-state index is 11.9. The van der Waals surface area contributed by atoms with Crippen molar-refractivity contribution >= 4 is 17.1 Å². The lowest BCUT2D eigenvalue weighted by atomic mass is 9.90. The van der Waals surface area contributed by atoms with Gasteiger partial charge in [-0.3, -0.25) is 9.59 Å². The first kappa shape index (κ1) is 12.3. The Morgan fingerprint density at radius 3 is 2.83 bits per heavy atom. The van der Waals surface area contributed by atoms with E-state index in [2.05, 4.69) is 4.98 Å². The molecular weight excluding hydrogens is 234 g/mol. The van der Waals surface area contributed by atoms with Crippen LogP contribution < -0.4 is 5.43 Å². The number of ether oxygens (including phenoxy) is 1. The van der Waals surface area contributed by atoms with Crippen LogP contribution in [0.4, 0.5) is 0 Å². The van der Waals surface area contributed by atoms with Crippen molar-refractivity contribution < 1.29 is 13.9 Å². The molecule has 0 radical (unpaired) electrons. The summed E-state index contributed by atoms with van der Waals surface area (Å²) in [5.41, 5.74) is -1.03. The van der Waals surface area contributed by atoms with Crippen LogP contribution in [0.1, 0.15) is 19.6 Å². The molecule has 0 N–H and O–H groups in total. The van der Waals surface area contributed by atoms with Gasteiger partial charge in [0, 0.05) is 12.3 Å². The molecule has 2 heterocycles. The maximum absolute atomic E-state index is 11.9. The molecule has 0 saturated heterocycles. The van der Waals surface area contributed by atoms with Crippen LogP contribution in [-0.4, -0.2) is 18.1 Å². The Morgan fingerprint density at radius 1 is 1.44 bits per heavy atom. The molecule has 0 atom stereocenters. The lowest BCUT2D eigenvalue weighted by Crippen LogP contribution is -2.31. The van der Waals surface area contributed by atoms with Crippen molar-refractivity contribution in [3.05, 3.63) is 40.4 Å². The average Bonchev–Trinajstić information content (AvgIpc) is 2.37. The van der Waals surface area contributed by atoms with E-state index in [0.29, 0.717) is 5.39 Å². The van der Waals surface area contributed by atoms with Crippen molar-refractivity contribution in [3.63, 3.8) is 0 Å². The number of methoxy groups -OCH3 is 1. The lowest BCUT2D eigenvalue weighted by Gasteiger charge is -2.19. The number of nitrogens with zero attached hydrogens (tertiary/aromatic N) is 1. The van der Waals surface area contributed by atoms with Crippen LogP contribution in [0.25, 0.3) is 11.1 Å². The number of aromatic nitrogens is 1. The Morgan fingerprint density at radius 2 is 2.17 bits per heavy atom. The van der Waals surface area contributed by atoms with Gasteiger partial charge in [-0.05, 0) is 26.0 Å². The second-order valence-electron chi connectivity index (χ2n) is 4.45. The van der Waals surface area contributed by atoms with Gasteiger partial charge < -0.3 is 9.15 Å². The summed E-state index contributed by atoms with van der Waals surface area (Å²) in [6, 6.07) is 4.59. The SMILES string of the molecule is COC(=O)C(C)(C)c1cc(=O)c2cccnc2o1. The number of carbonyl (C=O) groups excluding carboxylic acids is 1. The summed E-state index contributed by atoms with van der Waals surface area (Å²) in [6.07, 6.45) is 1.53. The summed E-state index contributed by atoms with van der Waals surface area (Å²) < 4.78 is 10.2. The molecule has 5 heteroatoms. The van der Waals surface area contributed by atoms with Crippen LogP contribution in [0.15, 0.2) is 33.6 Å². The lowest BCUT2D eigenvalue weighted by molar-refractivity contribution is -0.146. The number of esters is 1. The minimum Gasteiger partial charge on any atom is -0.468 e. The highest BCUT2D eigenvalue weighted by Crippen LogP contribution is 2.25. The van der Waals surface area contributed by atoms with Crippen LogP contribution in [0.5, 0.6) is 0 Å². The molecule has 0 amide bonds. The van der Waals surface area contributed by atoms with Crippen LogP contribution >= 0.6 is 0 Å². The van der Waals surface area contributed by atoms with Gasteiger partial charge in [-0.25, -0.2) is 4.98 Å². The summed E-state index contributed by atoms with van der Waals surface area (Å²) in [6.45, 7) is 3.26. The van der Waals surface area contributed by atoms with Crippen molar-refractivity contribution in [2.75, 3.05) is 7.11 Å². The van der Waals surface area contributed by atoms with E-state index < -0.39 is 11.4 Å². The Bertz CT molecular complexity index is 657. The predicted octanol–water partition coefficient (Wildman–Crippen LogP) is 1.64. The average molecular weight is 247 g/mol. The number of rotatable bonds is 2. The normalized spacial score (nSPS) is 11.5. The molecule has 0 fully saturated rings. The van der Waals surface area contributed by atoms with Crippen molar-refractivity contribution in [1.29, 1.82) is 0 Å². The van der Waals surface area contributed by atoms with Gasteiger partial charge in [0.1, 0.15) is 11.2 Å². The zero-order valence-electron chi connectivity index (χ0n) is 10.4. The fourth-order valence-corrected chi connectivity index (χ4v) is 1.65. The largest absolute Gasteiger partial charge is 0.468 e. The minimum absolute atomic E-state index is 0.219. The standard InChI is InChI=1S/C13H13NO4/c1-13(2,12(16)17-3)10-7-9(15)8-5-4-6-14-11(8)18-10/h4-7H,1-3H3. The molecule has 0 spiro atoms. The van der Waals surface area contributed by atoms with E-state index in [-0.39, 0.29) is 16.9 Å². The molecule has 94 valence electrons. The molecule has 18 heavy (non-hydrogen) atoms. The monoisotopic (exact) mass is 247 g/mol. The first-order chi connectivity index (χ1) is 8.46. The van der Waals surface area contributed by atoms with Gasteiger partial charge in [-0.2, -0.15) is 0 Å². The molecule has 0 aromatic carbocycles. The molecule has 2 rings (SSSR count). The fourth-order valence-electron chi connectivity index (χ4n) is 1.65. The molecule has 0 aliphatic heterocycles. The Kier molecular flexibility index (Phi) is 2.90. The first-order valence-electron chi connectivity index (χ1n) is 5.44. The van der Waals surface area contributed by atoms with E-state index >= 15 is 0 Å². The number of fused-ring (bicyclic) bond motifs is 1. The number of pyridine rings is 1. The topological polar surface area (TPSA) is 69.4 Å². The smallest absolute Gasteiger partial charge is 0.318 e. The summed E-state index contributed by atoms with van der Waals surface area (Å²) in [5, 5.41) is 0.391. The molecule has 0 bridgehead atoms. The van der Waals surface area contributed by atoms with E-state index in [4.69, 9.17) is 9.15 Å². The number of hydrogen-bond acceptors (Lipinski definition) is 5. The van der Waals surface area contributed by atoms with Crippen molar-refractivity contribution in [2.24, 2.45) is 0 Å². The summed E-state index contributed by atoms with van der Waals surface area (Å²) in [5.74, 6) is -0.230. The highest BCUT2D eigenvalue weighted by molar-refractivity contribution is 5.82. The van der Waals surface area contributed by atoms with E-state index in [1.165, 1.54) is 19.4 Å². The second kappa shape index (κ2) is 4.25. The molecule has 0 saturated carbocycles. The van der Waals surface area contributed by atoms with E-state index in [9.17, 15) is 9.59 Å². The zero-order valence-corrected chi connectivity index (χ0v) is 10.4. The van der Waals surface area contributed by atoms with Gasteiger partial charge in [0.25, 0.3) is 0 Å². The molecule has 0 unspecified atom stereocenters. The van der Waals surface area contributed by atoms with Gasteiger partial charge in [-0.15, -0.1) is 0 Å². The van der Waals surface area contributed by atoms with Crippen LogP contribution in [0.2, 0.25) is 0 Å².